The third kappa shape index (κ3) is 3.61. The van der Waals surface area contributed by atoms with Gasteiger partial charge >= 0.3 is 0 Å². The van der Waals surface area contributed by atoms with Gasteiger partial charge in [-0.1, -0.05) is 12.1 Å². The highest BCUT2D eigenvalue weighted by Crippen LogP contribution is 2.15. The van der Waals surface area contributed by atoms with Gasteiger partial charge in [-0.25, -0.2) is 0 Å². The number of alkyl halides is 1. The first kappa shape index (κ1) is 14.1. The second-order valence-electron chi connectivity index (χ2n) is 3.99. The Hall–Kier alpha value is -2.27. The molecule has 1 aromatic carbocycles. The summed E-state index contributed by atoms with van der Waals surface area (Å²) in [6.45, 7) is 0.281. The Bertz CT molecular complexity index is 596. The molecule has 5 nitrogen and oxygen atoms in total. The molecule has 0 spiro atoms. The van der Waals surface area contributed by atoms with Crippen LogP contribution in [0, 0.1) is 0 Å². The fourth-order valence-corrected chi connectivity index (χ4v) is 1.72. The lowest BCUT2D eigenvalue weighted by Gasteiger charge is -2.10. The SMILES string of the molecule is O=C(CCl)Nc1ccccc1C(=O)NCc1ccco1. The van der Waals surface area contributed by atoms with Crippen LogP contribution in [0.1, 0.15) is 16.1 Å². The van der Waals surface area contributed by atoms with Crippen LogP contribution in [0.25, 0.3) is 0 Å². The molecule has 2 N–H and O–H groups in total. The van der Waals surface area contributed by atoms with E-state index < -0.39 is 0 Å². The summed E-state index contributed by atoms with van der Waals surface area (Å²) in [4.78, 5) is 23.4. The number of furan rings is 1. The minimum absolute atomic E-state index is 0.164. The highest BCUT2D eigenvalue weighted by molar-refractivity contribution is 6.29. The zero-order valence-electron chi connectivity index (χ0n) is 10.6. The van der Waals surface area contributed by atoms with Gasteiger partial charge in [0.25, 0.3) is 5.91 Å². The Morgan fingerprint density at radius 1 is 1.15 bits per heavy atom. The first-order chi connectivity index (χ1) is 9.70. The van der Waals surface area contributed by atoms with Crippen molar-refractivity contribution in [3.8, 4) is 0 Å². The third-order valence-electron chi connectivity index (χ3n) is 2.57. The largest absolute Gasteiger partial charge is 0.467 e. The highest BCUT2D eigenvalue weighted by Gasteiger charge is 2.12. The molecule has 104 valence electrons. The van der Waals surface area contributed by atoms with Crippen LogP contribution < -0.4 is 10.6 Å². The van der Waals surface area contributed by atoms with Crippen molar-refractivity contribution in [3.05, 3.63) is 54.0 Å². The van der Waals surface area contributed by atoms with Crippen LogP contribution >= 0.6 is 11.6 Å². The first-order valence-electron chi connectivity index (χ1n) is 5.96. The van der Waals surface area contributed by atoms with Crippen molar-refractivity contribution in [2.24, 2.45) is 0 Å². The highest BCUT2D eigenvalue weighted by atomic mass is 35.5. The zero-order chi connectivity index (χ0) is 14.4. The molecule has 0 aliphatic rings. The number of rotatable bonds is 5. The number of anilines is 1. The van der Waals surface area contributed by atoms with E-state index in [9.17, 15) is 9.59 Å². The van der Waals surface area contributed by atoms with Crippen LogP contribution in [0.2, 0.25) is 0 Å². The van der Waals surface area contributed by atoms with Crippen LogP contribution in [-0.4, -0.2) is 17.7 Å². The Kier molecular flexibility index (Phi) is 4.79. The summed E-state index contributed by atoms with van der Waals surface area (Å²) in [5, 5.41) is 5.30. The Morgan fingerprint density at radius 2 is 1.95 bits per heavy atom. The minimum Gasteiger partial charge on any atom is -0.467 e. The van der Waals surface area contributed by atoms with Gasteiger partial charge in [0.15, 0.2) is 0 Å². The molecule has 6 heteroatoms. The maximum absolute atomic E-state index is 12.1. The molecule has 1 aromatic heterocycles. The van der Waals surface area contributed by atoms with Crippen LogP contribution in [0.5, 0.6) is 0 Å². The van der Waals surface area contributed by atoms with Crippen LogP contribution in [0.3, 0.4) is 0 Å². The minimum atomic E-state index is -0.363. The van der Waals surface area contributed by atoms with Crippen molar-refractivity contribution < 1.29 is 14.0 Å². The molecule has 0 radical (unpaired) electrons. The molecule has 0 aliphatic carbocycles. The number of hydrogen-bond acceptors (Lipinski definition) is 3. The molecule has 0 saturated carbocycles. The van der Waals surface area contributed by atoms with E-state index in [1.54, 1.807) is 36.4 Å². The zero-order valence-corrected chi connectivity index (χ0v) is 11.3. The van der Waals surface area contributed by atoms with Gasteiger partial charge in [-0.05, 0) is 24.3 Å². The van der Waals surface area contributed by atoms with Crippen LogP contribution in [-0.2, 0) is 11.3 Å². The smallest absolute Gasteiger partial charge is 0.253 e. The van der Waals surface area contributed by atoms with Gasteiger partial charge in [-0.2, -0.15) is 0 Å². The number of amides is 2. The number of benzene rings is 1. The van der Waals surface area contributed by atoms with Crippen molar-refractivity contribution in [3.63, 3.8) is 0 Å². The van der Waals surface area contributed by atoms with Gasteiger partial charge in [0.2, 0.25) is 5.91 Å². The Labute approximate surface area is 120 Å². The Morgan fingerprint density at radius 3 is 2.65 bits per heavy atom. The molecule has 2 amide bonds. The topological polar surface area (TPSA) is 71.3 Å². The number of carbonyl (C=O) groups is 2. The lowest BCUT2D eigenvalue weighted by molar-refractivity contribution is -0.113. The molecule has 1 heterocycles. The second-order valence-corrected chi connectivity index (χ2v) is 4.26. The third-order valence-corrected chi connectivity index (χ3v) is 2.81. The summed E-state index contributed by atoms with van der Waals surface area (Å²) < 4.78 is 5.13. The molecule has 0 atom stereocenters. The molecule has 2 aromatic rings. The van der Waals surface area contributed by atoms with E-state index in [1.165, 1.54) is 6.26 Å². The maximum Gasteiger partial charge on any atom is 0.253 e. The molecule has 0 unspecified atom stereocenters. The molecule has 0 aliphatic heterocycles. The first-order valence-corrected chi connectivity index (χ1v) is 6.49. The molecular weight excluding hydrogens is 280 g/mol. The molecule has 0 bridgehead atoms. The van der Waals surface area contributed by atoms with Gasteiger partial charge in [0, 0.05) is 0 Å². The summed E-state index contributed by atoms with van der Waals surface area (Å²) in [5.74, 6) is -0.173. The molecule has 2 rings (SSSR count). The van der Waals surface area contributed by atoms with Crippen LogP contribution in [0.4, 0.5) is 5.69 Å². The Balaban J connectivity index is 2.07. The maximum atomic E-state index is 12.1. The summed E-state index contributed by atoms with van der Waals surface area (Å²) in [5.41, 5.74) is 0.799. The number of carbonyl (C=O) groups excluding carboxylic acids is 2. The average molecular weight is 293 g/mol. The number of halogens is 1. The van der Waals surface area contributed by atoms with Gasteiger partial charge in [0.05, 0.1) is 24.1 Å². The van der Waals surface area contributed by atoms with Gasteiger partial charge in [0.1, 0.15) is 11.6 Å². The van der Waals surface area contributed by atoms with E-state index in [-0.39, 0.29) is 24.2 Å². The van der Waals surface area contributed by atoms with Crippen LogP contribution in [0.15, 0.2) is 47.1 Å². The lowest BCUT2D eigenvalue weighted by Crippen LogP contribution is -2.24. The monoisotopic (exact) mass is 292 g/mol. The fraction of sp³-hybridized carbons (Fsp3) is 0.143. The predicted molar refractivity (Wildman–Crippen MR) is 75.7 cm³/mol. The molecule has 0 fully saturated rings. The fourth-order valence-electron chi connectivity index (χ4n) is 1.65. The molecular formula is C14H13ClN2O3. The molecule has 20 heavy (non-hydrogen) atoms. The van der Waals surface area contributed by atoms with Crippen molar-refractivity contribution in [1.82, 2.24) is 5.32 Å². The summed E-state index contributed by atoms with van der Waals surface area (Å²) in [6, 6.07) is 10.2. The van der Waals surface area contributed by atoms with E-state index in [4.69, 9.17) is 16.0 Å². The number of nitrogens with one attached hydrogen (secondary N) is 2. The van der Waals surface area contributed by atoms with E-state index >= 15 is 0 Å². The summed E-state index contributed by atoms with van der Waals surface area (Å²) in [6.07, 6.45) is 1.54. The van der Waals surface area contributed by atoms with Gasteiger partial charge in [-0.15, -0.1) is 11.6 Å². The standard InChI is InChI=1S/C14H13ClN2O3/c15-8-13(18)17-12-6-2-1-5-11(12)14(19)16-9-10-4-3-7-20-10/h1-7H,8-9H2,(H,16,19)(H,17,18). The predicted octanol–water partition coefficient (Wildman–Crippen LogP) is 2.39. The second kappa shape index (κ2) is 6.77. The van der Waals surface area contributed by atoms with Crippen molar-refractivity contribution in [2.45, 2.75) is 6.54 Å². The number of hydrogen-bond donors (Lipinski definition) is 2. The molecule has 0 saturated heterocycles. The average Bonchev–Trinajstić information content (AvgIpc) is 2.98. The van der Waals surface area contributed by atoms with Crippen molar-refractivity contribution in [1.29, 1.82) is 0 Å². The summed E-state index contributed by atoms with van der Waals surface area (Å²) in [7, 11) is 0. The summed E-state index contributed by atoms with van der Waals surface area (Å²) >= 11 is 5.44. The quantitative estimate of drug-likeness (QED) is 0.831. The van der Waals surface area contributed by atoms with Gasteiger partial charge in [-0.3, -0.25) is 9.59 Å². The van der Waals surface area contributed by atoms with E-state index in [0.717, 1.165) is 0 Å². The van der Waals surface area contributed by atoms with Crippen molar-refractivity contribution in [2.75, 3.05) is 11.2 Å². The van der Waals surface area contributed by atoms with Gasteiger partial charge < -0.3 is 15.1 Å². The van der Waals surface area contributed by atoms with Crippen molar-refractivity contribution >= 4 is 29.1 Å². The number of para-hydroxylation sites is 1. The normalized spacial score (nSPS) is 10.1. The van der Waals surface area contributed by atoms with E-state index in [0.29, 0.717) is 17.0 Å². The van der Waals surface area contributed by atoms with E-state index in [1.807, 2.05) is 0 Å². The lowest BCUT2D eigenvalue weighted by atomic mass is 10.1. The van der Waals surface area contributed by atoms with E-state index in [2.05, 4.69) is 10.6 Å².